The first-order chi connectivity index (χ1) is 14.5. The second kappa shape index (κ2) is 8.77. The molecule has 4 rings (SSSR count). The fourth-order valence-corrected chi connectivity index (χ4v) is 3.57. The number of aromatic nitrogens is 3. The van der Waals surface area contributed by atoms with Crippen molar-refractivity contribution in [1.82, 2.24) is 19.7 Å². The van der Waals surface area contributed by atoms with Crippen LogP contribution in [0, 0.1) is 6.92 Å². The van der Waals surface area contributed by atoms with E-state index in [1.54, 1.807) is 24.1 Å². The molecule has 1 amide bonds. The number of benzene rings is 1. The summed E-state index contributed by atoms with van der Waals surface area (Å²) in [6.45, 7) is 2.95. The molecule has 1 aromatic carbocycles. The molecule has 3 heterocycles. The number of rotatable bonds is 4. The number of pyridine rings is 1. The number of morpholine rings is 1. The predicted octanol–water partition coefficient (Wildman–Crippen LogP) is 2.87. The third-order valence-corrected chi connectivity index (χ3v) is 5.21. The third-order valence-electron chi connectivity index (χ3n) is 4.98. The van der Waals surface area contributed by atoms with E-state index in [1.807, 2.05) is 36.4 Å². The van der Waals surface area contributed by atoms with Gasteiger partial charge in [-0.15, -0.1) is 0 Å². The number of carbonyl (C=O) groups is 1. The van der Waals surface area contributed by atoms with Crippen LogP contribution in [0.25, 0.3) is 11.1 Å². The van der Waals surface area contributed by atoms with Crippen molar-refractivity contribution in [2.45, 2.75) is 19.6 Å². The second-order valence-electron chi connectivity index (χ2n) is 7.15. The first-order valence-electron chi connectivity index (χ1n) is 9.65. The van der Waals surface area contributed by atoms with Crippen LogP contribution in [0.1, 0.15) is 17.5 Å². The van der Waals surface area contributed by atoms with Gasteiger partial charge < -0.3 is 9.64 Å². The van der Waals surface area contributed by atoms with E-state index in [1.165, 1.54) is 10.7 Å². The number of nitrogens with zero attached hydrogens (tertiary/aromatic N) is 4. The highest BCUT2D eigenvalue weighted by Crippen LogP contribution is 2.25. The summed E-state index contributed by atoms with van der Waals surface area (Å²) in [6.07, 6.45) is 1.46. The molecule has 0 radical (unpaired) electrons. The van der Waals surface area contributed by atoms with E-state index in [9.17, 15) is 9.59 Å². The zero-order valence-electron chi connectivity index (χ0n) is 16.5. The molecule has 30 heavy (non-hydrogen) atoms. The van der Waals surface area contributed by atoms with Gasteiger partial charge in [-0.25, -0.2) is 4.68 Å². The first kappa shape index (κ1) is 20.3. The van der Waals surface area contributed by atoms with Gasteiger partial charge in [-0.05, 0) is 36.8 Å². The van der Waals surface area contributed by atoms with Gasteiger partial charge in [0.15, 0.2) is 0 Å². The third kappa shape index (κ3) is 4.58. The Labute approximate surface area is 178 Å². The van der Waals surface area contributed by atoms with Gasteiger partial charge >= 0.3 is 0 Å². The molecule has 154 valence electrons. The molecule has 0 spiro atoms. The summed E-state index contributed by atoms with van der Waals surface area (Å²) in [7, 11) is 0. The fourth-order valence-electron chi connectivity index (χ4n) is 3.38. The van der Waals surface area contributed by atoms with Gasteiger partial charge in [0.2, 0.25) is 5.91 Å². The van der Waals surface area contributed by atoms with Gasteiger partial charge in [-0.1, -0.05) is 29.8 Å². The topological polar surface area (TPSA) is 77.3 Å². The molecular weight excluding hydrogens is 404 g/mol. The number of aryl methyl sites for hydroxylation is 1. The minimum Gasteiger partial charge on any atom is -0.368 e. The lowest BCUT2D eigenvalue weighted by atomic mass is 10.1. The normalized spacial score (nSPS) is 16.5. The Balaban J connectivity index is 1.45. The maximum absolute atomic E-state index is 12.7. The second-order valence-corrected chi connectivity index (χ2v) is 7.59. The summed E-state index contributed by atoms with van der Waals surface area (Å²) in [5, 5.41) is 4.80. The molecule has 3 aromatic rings. The number of hydrogen-bond donors (Lipinski definition) is 0. The van der Waals surface area contributed by atoms with Crippen LogP contribution >= 0.6 is 11.6 Å². The van der Waals surface area contributed by atoms with Gasteiger partial charge in [0.25, 0.3) is 5.56 Å². The Hall–Kier alpha value is -3.03. The van der Waals surface area contributed by atoms with Gasteiger partial charge in [-0.2, -0.15) is 5.10 Å². The van der Waals surface area contributed by atoms with E-state index in [4.69, 9.17) is 16.3 Å². The summed E-state index contributed by atoms with van der Waals surface area (Å²) in [4.78, 5) is 30.9. The van der Waals surface area contributed by atoms with Crippen LogP contribution in [-0.2, 0) is 16.1 Å². The van der Waals surface area contributed by atoms with Gasteiger partial charge in [0.05, 0.1) is 24.5 Å². The van der Waals surface area contributed by atoms with Crippen molar-refractivity contribution in [1.29, 1.82) is 0 Å². The first-order valence-corrected chi connectivity index (χ1v) is 10.0. The summed E-state index contributed by atoms with van der Waals surface area (Å²) >= 11 is 6.07. The quantitative estimate of drug-likeness (QED) is 0.643. The van der Waals surface area contributed by atoms with E-state index in [-0.39, 0.29) is 24.1 Å². The largest absolute Gasteiger partial charge is 0.368 e. The summed E-state index contributed by atoms with van der Waals surface area (Å²) < 4.78 is 7.04. The van der Waals surface area contributed by atoms with Crippen LogP contribution in [0.3, 0.4) is 0 Å². The molecule has 7 nitrogen and oxygen atoms in total. The standard InChI is InChI=1S/C22H21ClN4O3/c1-15-5-8-21(28)27(25-15)14-22(29)26-9-10-30-20(13-26)19-7-6-17(12-24-19)16-3-2-4-18(23)11-16/h2-8,11-12,20H,9-10,13-14H2,1H3/t20-/m1/s1. The van der Waals surface area contributed by atoms with Crippen molar-refractivity contribution in [3.05, 3.63) is 81.5 Å². The number of ether oxygens (including phenoxy) is 1. The maximum atomic E-state index is 12.7. The Morgan fingerprint density at radius 3 is 2.83 bits per heavy atom. The molecule has 1 aliphatic rings. The lowest BCUT2D eigenvalue weighted by Gasteiger charge is -2.32. The minimum atomic E-state index is -0.321. The average Bonchev–Trinajstić information content (AvgIpc) is 2.76. The zero-order chi connectivity index (χ0) is 21.1. The van der Waals surface area contributed by atoms with Crippen LogP contribution in [0.2, 0.25) is 5.02 Å². The van der Waals surface area contributed by atoms with Gasteiger partial charge in [-0.3, -0.25) is 14.6 Å². The Kier molecular flexibility index (Phi) is 5.92. The molecule has 1 aliphatic heterocycles. The SMILES string of the molecule is Cc1ccc(=O)n(CC(=O)N2CCO[C@@H](c3ccc(-c4cccc(Cl)c4)cn3)C2)n1. The monoisotopic (exact) mass is 424 g/mol. The molecule has 0 saturated carbocycles. The Morgan fingerprint density at radius 2 is 2.07 bits per heavy atom. The van der Waals surface area contributed by atoms with E-state index < -0.39 is 0 Å². The smallest absolute Gasteiger partial charge is 0.267 e. The van der Waals surface area contributed by atoms with Crippen LogP contribution in [0.5, 0.6) is 0 Å². The number of hydrogen-bond acceptors (Lipinski definition) is 5. The highest BCUT2D eigenvalue weighted by atomic mass is 35.5. The summed E-state index contributed by atoms with van der Waals surface area (Å²) in [5.74, 6) is -0.168. The highest BCUT2D eigenvalue weighted by Gasteiger charge is 2.26. The predicted molar refractivity (Wildman–Crippen MR) is 113 cm³/mol. The lowest BCUT2D eigenvalue weighted by molar-refractivity contribution is -0.140. The van der Waals surface area contributed by atoms with Crippen LogP contribution < -0.4 is 5.56 Å². The molecule has 2 aromatic heterocycles. The van der Waals surface area contributed by atoms with E-state index in [2.05, 4.69) is 10.1 Å². The average molecular weight is 425 g/mol. The van der Waals surface area contributed by atoms with Crippen molar-refractivity contribution in [3.63, 3.8) is 0 Å². The molecular formula is C22H21ClN4O3. The summed E-state index contributed by atoms with van der Waals surface area (Å²) in [5.41, 5.74) is 3.08. The summed E-state index contributed by atoms with van der Waals surface area (Å²) in [6, 6.07) is 14.5. The molecule has 1 saturated heterocycles. The van der Waals surface area contributed by atoms with Crippen LogP contribution in [0.15, 0.2) is 59.5 Å². The molecule has 0 N–H and O–H groups in total. The van der Waals surface area contributed by atoms with Crippen molar-refractivity contribution in [3.8, 4) is 11.1 Å². The van der Waals surface area contributed by atoms with Crippen molar-refractivity contribution in [2.75, 3.05) is 19.7 Å². The van der Waals surface area contributed by atoms with E-state index in [0.717, 1.165) is 16.8 Å². The molecule has 0 bridgehead atoms. The van der Waals surface area contributed by atoms with Crippen LogP contribution in [0.4, 0.5) is 0 Å². The van der Waals surface area contributed by atoms with E-state index in [0.29, 0.717) is 30.4 Å². The highest BCUT2D eigenvalue weighted by molar-refractivity contribution is 6.30. The zero-order valence-corrected chi connectivity index (χ0v) is 17.2. The Morgan fingerprint density at radius 1 is 1.20 bits per heavy atom. The molecule has 1 fully saturated rings. The van der Waals surface area contributed by atoms with Crippen molar-refractivity contribution >= 4 is 17.5 Å². The molecule has 8 heteroatoms. The minimum absolute atomic E-state index is 0.0889. The van der Waals surface area contributed by atoms with Crippen LogP contribution in [-0.4, -0.2) is 45.3 Å². The van der Waals surface area contributed by atoms with Crippen molar-refractivity contribution in [2.24, 2.45) is 0 Å². The van der Waals surface area contributed by atoms with E-state index >= 15 is 0 Å². The van der Waals surface area contributed by atoms with Gasteiger partial charge in [0.1, 0.15) is 12.6 Å². The van der Waals surface area contributed by atoms with Gasteiger partial charge in [0, 0.05) is 29.4 Å². The molecule has 1 atom stereocenters. The Bertz CT molecular complexity index is 1110. The number of amides is 1. The number of carbonyl (C=O) groups excluding carboxylic acids is 1. The number of halogens is 1. The lowest BCUT2D eigenvalue weighted by Crippen LogP contribution is -2.45. The molecule has 0 unspecified atom stereocenters. The maximum Gasteiger partial charge on any atom is 0.267 e. The van der Waals surface area contributed by atoms with Crippen molar-refractivity contribution < 1.29 is 9.53 Å². The molecule has 0 aliphatic carbocycles. The fraction of sp³-hybridized carbons (Fsp3) is 0.273.